The summed E-state index contributed by atoms with van der Waals surface area (Å²) in [5.41, 5.74) is 1.72. The summed E-state index contributed by atoms with van der Waals surface area (Å²) in [4.78, 5) is 55.2. The molecule has 0 radical (unpaired) electrons. The van der Waals surface area contributed by atoms with Crippen molar-refractivity contribution in [2.45, 2.75) is 25.7 Å². The predicted octanol–water partition coefficient (Wildman–Crippen LogP) is 2.43. The smallest absolute Gasteiger partial charge is 0.355 e. The number of hydrogen-bond acceptors (Lipinski definition) is 7. The van der Waals surface area contributed by atoms with Crippen LogP contribution in [0.2, 0.25) is 0 Å². The van der Waals surface area contributed by atoms with E-state index in [1.54, 1.807) is 46.4 Å². The minimum Gasteiger partial charge on any atom is -0.465 e. The van der Waals surface area contributed by atoms with Crippen molar-refractivity contribution in [1.29, 1.82) is 0 Å². The molecular formula is C24H25N3O6. The Labute approximate surface area is 191 Å². The van der Waals surface area contributed by atoms with Gasteiger partial charge in [0, 0.05) is 37.8 Å². The van der Waals surface area contributed by atoms with E-state index in [0.29, 0.717) is 49.4 Å². The molecule has 0 aromatic heterocycles. The van der Waals surface area contributed by atoms with Crippen LogP contribution in [0.15, 0.2) is 53.9 Å². The van der Waals surface area contributed by atoms with Crippen LogP contribution in [0, 0.1) is 0 Å². The van der Waals surface area contributed by atoms with Crippen molar-refractivity contribution in [2.24, 2.45) is 0 Å². The first-order chi connectivity index (χ1) is 16.0. The standard InChI is InChI=1S/C24H25N3O6/c1-32-23(30)17-7-3-4-12-27(22(17)24(31)33-2)18-11-10-16(25-13-5-8-20(25)28)15-19(18)26-14-6-9-21(26)29/h3-4,7,10-12,15H,5-6,8-9,13-14H2,1-2H3. The molecule has 1 aromatic carbocycles. The Morgan fingerprint density at radius 3 is 2.12 bits per heavy atom. The first kappa shape index (κ1) is 22.3. The first-order valence-corrected chi connectivity index (χ1v) is 10.8. The molecule has 2 saturated heterocycles. The van der Waals surface area contributed by atoms with Crippen LogP contribution in [-0.4, -0.2) is 51.1 Å². The maximum Gasteiger partial charge on any atom is 0.355 e. The van der Waals surface area contributed by atoms with Gasteiger partial charge in [-0.25, -0.2) is 9.59 Å². The minimum atomic E-state index is -0.732. The van der Waals surface area contributed by atoms with Gasteiger partial charge in [0.05, 0.1) is 31.2 Å². The molecule has 0 atom stereocenters. The molecule has 0 unspecified atom stereocenters. The molecule has 0 bridgehead atoms. The maximum atomic E-state index is 12.8. The Morgan fingerprint density at radius 1 is 0.848 bits per heavy atom. The minimum absolute atomic E-state index is 0.0202. The molecule has 0 saturated carbocycles. The van der Waals surface area contributed by atoms with Crippen molar-refractivity contribution in [2.75, 3.05) is 42.0 Å². The zero-order valence-corrected chi connectivity index (χ0v) is 18.6. The van der Waals surface area contributed by atoms with E-state index >= 15 is 0 Å². The predicted molar refractivity (Wildman–Crippen MR) is 121 cm³/mol. The van der Waals surface area contributed by atoms with Crippen molar-refractivity contribution in [1.82, 2.24) is 0 Å². The van der Waals surface area contributed by atoms with E-state index in [2.05, 4.69) is 0 Å². The quantitative estimate of drug-likeness (QED) is 0.635. The Balaban J connectivity index is 1.90. The Bertz CT molecular complexity index is 1100. The average Bonchev–Trinajstić information content (AvgIpc) is 3.39. The van der Waals surface area contributed by atoms with Crippen LogP contribution in [0.4, 0.5) is 17.1 Å². The van der Waals surface area contributed by atoms with E-state index in [0.717, 1.165) is 6.42 Å². The summed E-state index contributed by atoms with van der Waals surface area (Å²) >= 11 is 0. The fourth-order valence-corrected chi connectivity index (χ4v) is 4.27. The largest absolute Gasteiger partial charge is 0.465 e. The molecule has 0 aliphatic carbocycles. The highest BCUT2D eigenvalue weighted by Gasteiger charge is 2.33. The highest BCUT2D eigenvalue weighted by Crippen LogP contribution is 2.39. The summed E-state index contributed by atoms with van der Waals surface area (Å²) in [6, 6.07) is 5.32. The lowest BCUT2D eigenvalue weighted by Gasteiger charge is -2.29. The third-order valence-electron chi connectivity index (χ3n) is 5.86. The lowest BCUT2D eigenvalue weighted by atomic mass is 10.1. The second-order valence-electron chi connectivity index (χ2n) is 7.79. The van der Waals surface area contributed by atoms with Crippen LogP contribution in [-0.2, 0) is 28.7 Å². The maximum absolute atomic E-state index is 12.8. The summed E-state index contributed by atoms with van der Waals surface area (Å²) in [6.45, 7) is 1.12. The number of allylic oxidation sites excluding steroid dienone is 2. The monoisotopic (exact) mass is 451 g/mol. The second-order valence-corrected chi connectivity index (χ2v) is 7.79. The number of benzene rings is 1. The van der Waals surface area contributed by atoms with Gasteiger partial charge in [0.25, 0.3) is 0 Å². The van der Waals surface area contributed by atoms with E-state index in [-0.39, 0.29) is 23.1 Å². The van der Waals surface area contributed by atoms with Gasteiger partial charge in [0.15, 0.2) is 0 Å². The van der Waals surface area contributed by atoms with Crippen LogP contribution >= 0.6 is 0 Å². The van der Waals surface area contributed by atoms with Gasteiger partial charge in [-0.3, -0.25) is 9.59 Å². The third-order valence-corrected chi connectivity index (χ3v) is 5.86. The van der Waals surface area contributed by atoms with Crippen LogP contribution < -0.4 is 14.7 Å². The topological polar surface area (TPSA) is 96.5 Å². The molecule has 3 aliphatic heterocycles. The van der Waals surface area contributed by atoms with Gasteiger partial charge in [0.2, 0.25) is 11.8 Å². The number of ether oxygens (including phenoxy) is 2. The summed E-state index contributed by atoms with van der Waals surface area (Å²) in [6.07, 6.45) is 8.77. The van der Waals surface area contributed by atoms with Crippen molar-refractivity contribution in [3.63, 3.8) is 0 Å². The van der Waals surface area contributed by atoms with Crippen molar-refractivity contribution >= 4 is 40.8 Å². The van der Waals surface area contributed by atoms with Crippen molar-refractivity contribution in [3.05, 3.63) is 53.9 Å². The van der Waals surface area contributed by atoms with E-state index < -0.39 is 11.9 Å². The van der Waals surface area contributed by atoms with Crippen molar-refractivity contribution < 1.29 is 28.7 Å². The van der Waals surface area contributed by atoms with Gasteiger partial charge in [-0.2, -0.15) is 0 Å². The fourth-order valence-electron chi connectivity index (χ4n) is 4.27. The Hall–Kier alpha value is -3.88. The normalized spacial score (nSPS) is 18.3. The molecular weight excluding hydrogens is 426 g/mol. The Kier molecular flexibility index (Phi) is 6.30. The highest BCUT2D eigenvalue weighted by molar-refractivity contribution is 6.08. The number of carbonyl (C=O) groups excluding carboxylic acids is 4. The molecule has 9 nitrogen and oxygen atoms in total. The van der Waals surface area contributed by atoms with E-state index in [4.69, 9.17) is 9.47 Å². The molecule has 2 amide bonds. The van der Waals surface area contributed by atoms with E-state index in [9.17, 15) is 19.2 Å². The number of carbonyl (C=O) groups is 4. The summed E-state index contributed by atoms with van der Waals surface area (Å²) in [5.74, 6) is -1.44. The van der Waals surface area contributed by atoms with Crippen LogP contribution in [0.1, 0.15) is 25.7 Å². The van der Waals surface area contributed by atoms with Gasteiger partial charge in [-0.1, -0.05) is 6.08 Å². The number of esters is 2. The van der Waals surface area contributed by atoms with Gasteiger partial charge in [-0.05, 0) is 43.2 Å². The molecule has 2 fully saturated rings. The van der Waals surface area contributed by atoms with Gasteiger partial charge in [0.1, 0.15) is 5.70 Å². The number of rotatable bonds is 5. The zero-order valence-electron chi connectivity index (χ0n) is 18.6. The summed E-state index contributed by atoms with van der Waals surface area (Å²) < 4.78 is 9.86. The number of hydrogen-bond donors (Lipinski definition) is 0. The molecule has 1 aromatic rings. The van der Waals surface area contributed by atoms with Crippen molar-refractivity contribution in [3.8, 4) is 0 Å². The average molecular weight is 451 g/mol. The first-order valence-electron chi connectivity index (χ1n) is 10.8. The van der Waals surface area contributed by atoms with Gasteiger partial charge >= 0.3 is 11.9 Å². The summed E-state index contributed by atoms with van der Waals surface area (Å²) in [7, 11) is 2.46. The molecule has 9 heteroatoms. The lowest BCUT2D eigenvalue weighted by molar-refractivity contribution is -0.139. The van der Waals surface area contributed by atoms with E-state index in [1.807, 2.05) is 0 Å². The van der Waals surface area contributed by atoms with Gasteiger partial charge < -0.3 is 24.2 Å². The number of nitrogens with zero attached hydrogens (tertiary/aromatic N) is 3. The molecule has 0 spiro atoms. The number of anilines is 3. The Morgan fingerprint density at radius 2 is 1.52 bits per heavy atom. The van der Waals surface area contributed by atoms with Crippen LogP contribution in [0.3, 0.4) is 0 Å². The third kappa shape index (κ3) is 4.13. The molecule has 172 valence electrons. The fraction of sp³-hybridized carbons (Fsp3) is 0.333. The second kappa shape index (κ2) is 9.32. The summed E-state index contributed by atoms with van der Waals surface area (Å²) in [5, 5.41) is 0. The molecule has 33 heavy (non-hydrogen) atoms. The van der Waals surface area contributed by atoms with Crippen LogP contribution in [0.25, 0.3) is 0 Å². The SMILES string of the molecule is COC(=O)C1=C(C(=O)OC)N(c2ccc(N3CCCC3=O)cc2N2CCCC2=O)C=CC=C1. The number of amides is 2. The highest BCUT2D eigenvalue weighted by atomic mass is 16.5. The van der Waals surface area contributed by atoms with Gasteiger partial charge in [-0.15, -0.1) is 0 Å². The molecule has 4 rings (SSSR count). The molecule has 0 N–H and O–H groups in total. The van der Waals surface area contributed by atoms with E-state index in [1.165, 1.54) is 25.2 Å². The number of methoxy groups -OCH3 is 2. The van der Waals surface area contributed by atoms with Crippen LogP contribution in [0.5, 0.6) is 0 Å². The molecule has 3 heterocycles. The molecule has 3 aliphatic rings. The zero-order chi connectivity index (χ0) is 23.5. The lowest BCUT2D eigenvalue weighted by Crippen LogP contribution is -2.31.